The first kappa shape index (κ1) is 29.3. The summed E-state index contributed by atoms with van der Waals surface area (Å²) in [5.74, 6) is -0.0578. The number of hydrogen-bond donors (Lipinski definition) is 2. The molecule has 1 heterocycles. The molecule has 0 aliphatic carbocycles. The molecule has 3 rings (SSSR count). The van der Waals surface area contributed by atoms with E-state index in [1.165, 1.54) is 19.4 Å². The Morgan fingerprint density at radius 3 is 1.87 bits per heavy atom. The molecule has 0 saturated carbocycles. The van der Waals surface area contributed by atoms with Crippen molar-refractivity contribution in [3.8, 4) is 23.0 Å². The Hall–Kier alpha value is -4.27. The highest BCUT2D eigenvalue weighted by Crippen LogP contribution is 2.28. The summed E-state index contributed by atoms with van der Waals surface area (Å²) in [4.78, 5) is 29.9. The summed E-state index contributed by atoms with van der Waals surface area (Å²) in [5.41, 5.74) is 1.93. The third-order valence-electron chi connectivity index (χ3n) is 6.60. The number of pyridine rings is 1. The summed E-state index contributed by atoms with van der Waals surface area (Å²) in [7, 11) is 4.62. The second kappa shape index (κ2) is 14.0. The first-order valence-electron chi connectivity index (χ1n) is 12.8. The van der Waals surface area contributed by atoms with Gasteiger partial charge in [-0.15, -0.1) is 0 Å². The monoisotopic (exact) mass is 536 g/mol. The van der Waals surface area contributed by atoms with Gasteiger partial charge in [0.15, 0.2) is 17.2 Å². The lowest BCUT2D eigenvalue weighted by Crippen LogP contribution is -2.43. The topological polar surface area (TPSA) is 116 Å². The van der Waals surface area contributed by atoms with Gasteiger partial charge in [-0.1, -0.05) is 31.2 Å². The van der Waals surface area contributed by atoms with Crippen molar-refractivity contribution in [2.24, 2.45) is 5.92 Å². The van der Waals surface area contributed by atoms with Crippen LogP contribution in [-0.2, 0) is 22.4 Å². The van der Waals surface area contributed by atoms with Gasteiger partial charge in [0.25, 0.3) is 5.91 Å². The maximum absolute atomic E-state index is 13.2. The molecule has 208 valence electrons. The van der Waals surface area contributed by atoms with Crippen LogP contribution >= 0.6 is 0 Å². The maximum Gasteiger partial charge on any atom is 0.328 e. The second-order valence-electron chi connectivity index (χ2n) is 9.15. The number of nitrogens with zero attached hydrogens (tertiary/aromatic N) is 1. The molecule has 0 radical (unpaired) electrons. The first-order valence-corrected chi connectivity index (χ1v) is 12.8. The van der Waals surface area contributed by atoms with Gasteiger partial charge in [-0.25, -0.2) is 9.78 Å². The number of hydrogen-bond acceptors (Lipinski definition) is 8. The molecule has 0 bridgehead atoms. The zero-order valence-electron chi connectivity index (χ0n) is 23.0. The van der Waals surface area contributed by atoms with Crippen LogP contribution in [0, 0.1) is 5.92 Å². The molecule has 0 aliphatic heterocycles. The zero-order valence-corrected chi connectivity index (χ0v) is 23.0. The Bertz CT molecular complexity index is 1180. The molecule has 2 aromatic carbocycles. The van der Waals surface area contributed by atoms with Crippen molar-refractivity contribution in [3.63, 3.8) is 0 Å². The number of rotatable bonds is 13. The summed E-state index contributed by atoms with van der Waals surface area (Å²) in [6.45, 7) is 3.63. The van der Waals surface area contributed by atoms with Crippen molar-refractivity contribution in [1.82, 2.24) is 10.3 Å². The number of methoxy groups -OCH3 is 3. The lowest BCUT2D eigenvalue weighted by Gasteiger charge is -2.27. The number of esters is 1. The van der Waals surface area contributed by atoms with Crippen LogP contribution in [0.2, 0.25) is 0 Å². The third kappa shape index (κ3) is 7.86. The summed E-state index contributed by atoms with van der Waals surface area (Å²) in [6.07, 6.45) is 2.50. The Balaban J connectivity index is 1.74. The van der Waals surface area contributed by atoms with E-state index in [2.05, 4.69) is 10.3 Å². The molecule has 39 heavy (non-hydrogen) atoms. The molecule has 9 nitrogen and oxygen atoms in total. The van der Waals surface area contributed by atoms with Gasteiger partial charge in [0.2, 0.25) is 0 Å². The third-order valence-corrected chi connectivity index (χ3v) is 6.60. The van der Waals surface area contributed by atoms with E-state index in [0.717, 1.165) is 22.6 Å². The summed E-state index contributed by atoms with van der Waals surface area (Å²) < 4.78 is 21.5. The lowest BCUT2D eigenvalue weighted by atomic mass is 9.88. The van der Waals surface area contributed by atoms with Crippen LogP contribution < -0.4 is 19.5 Å². The number of amides is 1. The molecule has 0 unspecified atom stereocenters. The van der Waals surface area contributed by atoms with Gasteiger partial charge in [0.05, 0.1) is 21.3 Å². The molecule has 2 atom stereocenters. The number of benzene rings is 2. The predicted molar refractivity (Wildman–Crippen MR) is 146 cm³/mol. The van der Waals surface area contributed by atoms with Gasteiger partial charge >= 0.3 is 5.97 Å². The first-order chi connectivity index (χ1) is 18.8. The number of carbonyl (C=O) groups excluding carboxylic acids is 2. The van der Waals surface area contributed by atoms with E-state index in [4.69, 9.17) is 18.9 Å². The van der Waals surface area contributed by atoms with Crippen LogP contribution in [0.25, 0.3) is 0 Å². The molecular formula is C30H36N2O7. The minimum absolute atomic E-state index is 0.0481. The Labute approximate surface area is 229 Å². The number of aromatic nitrogens is 1. The Kier molecular flexibility index (Phi) is 10.5. The van der Waals surface area contributed by atoms with E-state index in [1.807, 2.05) is 55.5 Å². The van der Waals surface area contributed by atoms with Gasteiger partial charge in [-0.3, -0.25) is 4.79 Å². The van der Waals surface area contributed by atoms with Crippen molar-refractivity contribution < 1.29 is 33.6 Å². The summed E-state index contributed by atoms with van der Waals surface area (Å²) >= 11 is 0. The van der Waals surface area contributed by atoms with Gasteiger partial charge < -0.3 is 29.4 Å². The molecule has 0 fully saturated rings. The highest BCUT2D eigenvalue weighted by Gasteiger charge is 2.28. The van der Waals surface area contributed by atoms with E-state index in [0.29, 0.717) is 19.3 Å². The van der Waals surface area contributed by atoms with Crippen molar-refractivity contribution in [1.29, 1.82) is 0 Å². The van der Waals surface area contributed by atoms with Crippen molar-refractivity contribution in [3.05, 3.63) is 77.6 Å². The van der Waals surface area contributed by atoms with Gasteiger partial charge in [0, 0.05) is 18.2 Å². The smallest absolute Gasteiger partial charge is 0.328 e. The molecule has 3 aromatic rings. The zero-order chi connectivity index (χ0) is 28.4. The fourth-order valence-electron chi connectivity index (χ4n) is 4.22. The molecule has 1 amide bonds. The number of nitrogens with one attached hydrogen (secondary N) is 1. The van der Waals surface area contributed by atoms with Gasteiger partial charge in [-0.2, -0.15) is 0 Å². The van der Waals surface area contributed by atoms with E-state index in [-0.39, 0.29) is 17.4 Å². The summed E-state index contributed by atoms with van der Waals surface area (Å²) in [6, 6.07) is 16.1. The van der Waals surface area contributed by atoms with Crippen molar-refractivity contribution >= 4 is 11.9 Å². The fraction of sp³-hybridized carbons (Fsp3) is 0.367. The van der Waals surface area contributed by atoms with Crippen LogP contribution in [0.4, 0.5) is 0 Å². The fourth-order valence-corrected chi connectivity index (χ4v) is 4.22. The van der Waals surface area contributed by atoms with Gasteiger partial charge in [0.1, 0.15) is 23.6 Å². The predicted octanol–water partition coefficient (Wildman–Crippen LogP) is 4.35. The highest BCUT2D eigenvalue weighted by molar-refractivity contribution is 5.97. The Morgan fingerprint density at radius 2 is 1.41 bits per heavy atom. The van der Waals surface area contributed by atoms with Crippen molar-refractivity contribution in [2.45, 2.75) is 45.3 Å². The average Bonchev–Trinajstić information content (AvgIpc) is 2.96. The van der Waals surface area contributed by atoms with E-state index < -0.39 is 29.8 Å². The van der Waals surface area contributed by atoms with Gasteiger partial charge in [-0.05, 0) is 61.6 Å². The minimum atomic E-state index is -0.921. The summed E-state index contributed by atoms with van der Waals surface area (Å²) in [5, 5.41) is 12.9. The van der Waals surface area contributed by atoms with E-state index in [9.17, 15) is 14.7 Å². The number of aromatic hydroxyl groups is 1. The van der Waals surface area contributed by atoms with Crippen molar-refractivity contribution in [2.75, 3.05) is 21.3 Å². The largest absolute Gasteiger partial charge is 0.503 e. The molecule has 0 saturated heterocycles. The SMILES string of the molecule is CC[C@H](NC(=O)c1nccc(OC)c1O)C(=O)O[C@@H](C)C(Cc1ccc(OC)cc1)Cc1ccc(OC)cc1. The maximum atomic E-state index is 13.2. The molecule has 0 aliphatic rings. The second-order valence-corrected chi connectivity index (χ2v) is 9.15. The standard InChI is InChI=1S/C30H36N2O7/c1-6-25(32-29(34)27-28(33)26(38-5)15-16-31-27)30(35)39-19(2)22(17-20-7-11-23(36-3)12-8-20)18-21-9-13-24(37-4)14-10-21/h7-16,19,22,25,33H,6,17-18H2,1-5H3,(H,32,34)/t19-,25-/m0/s1. The molecule has 2 N–H and O–H groups in total. The highest BCUT2D eigenvalue weighted by atomic mass is 16.5. The van der Waals surface area contributed by atoms with Crippen LogP contribution in [0.5, 0.6) is 23.0 Å². The van der Waals surface area contributed by atoms with Crippen LogP contribution in [-0.4, -0.2) is 55.4 Å². The van der Waals surface area contributed by atoms with E-state index >= 15 is 0 Å². The quantitative estimate of drug-likeness (QED) is 0.310. The van der Waals surface area contributed by atoms with Crippen LogP contribution in [0.15, 0.2) is 60.8 Å². The lowest BCUT2D eigenvalue weighted by molar-refractivity contribution is -0.153. The molecule has 1 aromatic heterocycles. The number of carbonyl (C=O) groups is 2. The molecular weight excluding hydrogens is 500 g/mol. The minimum Gasteiger partial charge on any atom is -0.503 e. The molecule has 0 spiro atoms. The Morgan fingerprint density at radius 1 is 0.872 bits per heavy atom. The average molecular weight is 537 g/mol. The normalized spacial score (nSPS) is 12.4. The van der Waals surface area contributed by atoms with Crippen LogP contribution in [0.1, 0.15) is 41.9 Å². The molecule has 9 heteroatoms. The number of ether oxygens (including phenoxy) is 4. The van der Waals surface area contributed by atoms with E-state index in [1.54, 1.807) is 21.1 Å². The van der Waals surface area contributed by atoms with Crippen LogP contribution in [0.3, 0.4) is 0 Å².